The van der Waals surface area contributed by atoms with Crippen molar-refractivity contribution in [3.05, 3.63) is 84.2 Å². The molecule has 0 saturated carbocycles. The van der Waals surface area contributed by atoms with Crippen LogP contribution >= 0.6 is 12.2 Å². The number of anilines is 1. The SMILES string of the molecule is COc1ccc(NC(=S)NNC2=CC(C)(c3ccc[nH+]c3)Oc3ccc(O)cc32)cc1. The van der Waals surface area contributed by atoms with Gasteiger partial charge in [-0.15, -0.1) is 0 Å². The average molecular weight is 436 g/mol. The highest BCUT2D eigenvalue weighted by atomic mass is 32.1. The number of phenols is 1. The Bertz CT molecular complexity index is 1120. The number of fused-ring (bicyclic) bond motifs is 1. The van der Waals surface area contributed by atoms with Gasteiger partial charge >= 0.3 is 0 Å². The van der Waals surface area contributed by atoms with Crippen molar-refractivity contribution in [1.82, 2.24) is 10.9 Å². The Morgan fingerprint density at radius 1 is 1.16 bits per heavy atom. The second kappa shape index (κ2) is 8.53. The van der Waals surface area contributed by atoms with Gasteiger partial charge in [0.2, 0.25) is 0 Å². The molecule has 7 nitrogen and oxygen atoms in total. The maximum atomic E-state index is 9.98. The van der Waals surface area contributed by atoms with Gasteiger partial charge in [0.15, 0.2) is 23.1 Å². The molecule has 1 atom stereocenters. The quantitative estimate of drug-likeness (QED) is 0.361. The molecular weight excluding hydrogens is 412 g/mol. The molecule has 0 amide bonds. The van der Waals surface area contributed by atoms with Gasteiger partial charge in [-0.3, -0.25) is 10.9 Å². The summed E-state index contributed by atoms with van der Waals surface area (Å²) in [6, 6.07) is 16.3. The molecule has 5 N–H and O–H groups in total. The van der Waals surface area contributed by atoms with Crippen LogP contribution in [0.4, 0.5) is 5.69 Å². The number of thiocarbonyl (C=S) groups is 1. The summed E-state index contributed by atoms with van der Waals surface area (Å²) >= 11 is 5.41. The summed E-state index contributed by atoms with van der Waals surface area (Å²) in [5, 5.41) is 13.5. The second-order valence-electron chi connectivity index (χ2n) is 7.17. The molecule has 0 aliphatic carbocycles. The number of aromatic amines is 1. The monoisotopic (exact) mass is 435 g/mol. The van der Waals surface area contributed by atoms with E-state index >= 15 is 0 Å². The fraction of sp³-hybridized carbons (Fsp3) is 0.130. The standard InChI is InChI=1S/C23H22N4O3S/c1-23(15-4-3-11-24-14-15)13-20(19-12-17(28)7-10-21(19)30-23)26-27-22(31)25-16-5-8-18(29-2)9-6-16/h3-14,26,28H,1-2H3,(H2,25,27,31)/p+1. The van der Waals surface area contributed by atoms with Crippen LogP contribution in [0, 0.1) is 0 Å². The van der Waals surface area contributed by atoms with Crippen LogP contribution in [-0.4, -0.2) is 17.3 Å². The fourth-order valence-corrected chi connectivity index (χ4v) is 3.51. The first-order valence-electron chi connectivity index (χ1n) is 9.66. The molecule has 0 bridgehead atoms. The number of hydrazine groups is 1. The number of methoxy groups -OCH3 is 1. The lowest BCUT2D eigenvalue weighted by Gasteiger charge is -2.34. The van der Waals surface area contributed by atoms with Crippen LogP contribution in [-0.2, 0) is 5.60 Å². The van der Waals surface area contributed by atoms with Crippen molar-refractivity contribution in [2.24, 2.45) is 0 Å². The van der Waals surface area contributed by atoms with Crippen LogP contribution in [0.15, 0.2) is 73.1 Å². The van der Waals surface area contributed by atoms with Crippen molar-refractivity contribution < 1.29 is 19.6 Å². The van der Waals surface area contributed by atoms with E-state index in [2.05, 4.69) is 21.2 Å². The molecule has 2 heterocycles. The molecule has 1 aromatic heterocycles. The zero-order chi connectivity index (χ0) is 21.8. The first-order chi connectivity index (χ1) is 15.0. The van der Waals surface area contributed by atoms with Crippen molar-refractivity contribution in [2.75, 3.05) is 12.4 Å². The van der Waals surface area contributed by atoms with Crippen molar-refractivity contribution in [2.45, 2.75) is 12.5 Å². The molecule has 8 heteroatoms. The van der Waals surface area contributed by atoms with Crippen LogP contribution in [0.1, 0.15) is 18.1 Å². The summed E-state index contributed by atoms with van der Waals surface area (Å²) in [6.07, 6.45) is 5.68. The normalized spacial score (nSPS) is 16.9. The summed E-state index contributed by atoms with van der Waals surface area (Å²) in [7, 11) is 1.62. The molecular formula is C23H23N4O3S+. The molecule has 0 radical (unpaired) electrons. The fourth-order valence-electron chi connectivity index (χ4n) is 3.34. The van der Waals surface area contributed by atoms with E-state index in [4.69, 9.17) is 21.7 Å². The summed E-state index contributed by atoms with van der Waals surface area (Å²) < 4.78 is 11.4. The highest BCUT2D eigenvalue weighted by molar-refractivity contribution is 7.80. The molecule has 1 unspecified atom stereocenters. The van der Waals surface area contributed by atoms with E-state index < -0.39 is 5.60 Å². The molecule has 1 aliphatic rings. The second-order valence-corrected chi connectivity index (χ2v) is 7.58. The largest absolute Gasteiger partial charge is 0.508 e. The summed E-state index contributed by atoms with van der Waals surface area (Å²) in [4.78, 5) is 3.09. The van der Waals surface area contributed by atoms with Crippen LogP contribution in [0.25, 0.3) is 5.70 Å². The van der Waals surface area contributed by atoms with E-state index in [1.54, 1.807) is 25.3 Å². The lowest BCUT2D eigenvalue weighted by molar-refractivity contribution is -0.379. The number of aromatic nitrogens is 1. The Labute approximate surface area is 185 Å². The third kappa shape index (κ3) is 4.54. The third-order valence-corrected chi connectivity index (χ3v) is 5.14. The van der Waals surface area contributed by atoms with E-state index in [-0.39, 0.29) is 5.75 Å². The molecule has 0 spiro atoms. The highest BCUT2D eigenvalue weighted by Gasteiger charge is 2.34. The lowest BCUT2D eigenvalue weighted by Crippen LogP contribution is -2.41. The number of nitrogens with one attached hydrogen (secondary N) is 4. The number of hydrogen-bond acceptors (Lipinski definition) is 5. The highest BCUT2D eigenvalue weighted by Crippen LogP contribution is 2.40. The van der Waals surface area contributed by atoms with Gasteiger partial charge in [0.1, 0.15) is 17.2 Å². The summed E-state index contributed by atoms with van der Waals surface area (Å²) in [5.74, 6) is 1.55. The van der Waals surface area contributed by atoms with Crippen LogP contribution < -0.4 is 30.6 Å². The predicted molar refractivity (Wildman–Crippen MR) is 123 cm³/mol. The van der Waals surface area contributed by atoms with Gasteiger partial charge < -0.3 is 19.9 Å². The van der Waals surface area contributed by atoms with E-state index in [0.717, 1.165) is 28.3 Å². The third-order valence-electron chi connectivity index (χ3n) is 4.93. The zero-order valence-corrected chi connectivity index (χ0v) is 17.9. The number of ether oxygens (including phenoxy) is 2. The van der Waals surface area contributed by atoms with E-state index in [1.807, 2.05) is 61.8 Å². The topological polar surface area (TPSA) is 88.9 Å². The van der Waals surface area contributed by atoms with E-state index in [9.17, 15) is 5.11 Å². The number of pyridine rings is 1. The lowest BCUT2D eigenvalue weighted by atomic mass is 9.91. The minimum atomic E-state index is -0.725. The van der Waals surface area contributed by atoms with Gasteiger partial charge in [-0.25, -0.2) is 4.98 Å². The molecule has 4 rings (SSSR count). The Morgan fingerprint density at radius 2 is 1.97 bits per heavy atom. The van der Waals surface area contributed by atoms with Gasteiger partial charge in [0.05, 0.1) is 18.4 Å². The van der Waals surface area contributed by atoms with Gasteiger partial charge in [-0.05, 0) is 73.7 Å². The molecule has 0 saturated heterocycles. The first kappa shape index (κ1) is 20.5. The van der Waals surface area contributed by atoms with Crippen LogP contribution in [0.2, 0.25) is 0 Å². The van der Waals surface area contributed by atoms with Crippen molar-refractivity contribution >= 4 is 28.7 Å². The maximum Gasteiger partial charge on any atom is 0.189 e. The van der Waals surface area contributed by atoms with Crippen molar-refractivity contribution in [3.8, 4) is 17.2 Å². The molecule has 158 valence electrons. The smallest absolute Gasteiger partial charge is 0.189 e. The molecule has 1 aliphatic heterocycles. The van der Waals surface area contributed by atoms with Crippen molar-refractivity contribution in [1.29, 1.82) is 0 Å². The van der Waals surface area contributed by atoms with Crippen LogP contribution in [0.5, 0.6) is 17.2 Å². The Hall–Kier alpha value is -3.78. The molecule has 31 heavy (non-hydrogen) atoms. The number of aromatic hydroxyl groups is 1. The van der Waals surface area contributed by atoms with E-state index in [1.165, 1.54) is 0 Å². The number of hydrogen-bond donors (Lipinski definition) is 4. The van der Waals surface area contributed by atoms with Gasteiger partial charge in [0.25, 0.3) is 0 Å². The molecule has 0 fully saturated rings. The predicted octanol–water partition coefficient (Wildman–Crippen LogP) is 3.35. The van der Waals surface area contributed by atoms with Gasteiger partial charge in [-0.2, -0.15) is 0 Å². The molecule has 3 aromatic rings. The molecule has 2 aromatic carbocycles. The van der Waals surface area contributed by atoms with Gasteiger partial charge in [0, 0.05) is 17.3 Å². The van der Waals surface area contributed by atoms with E-state index in [0.29, 0.717) is 10.9 Å². The Morgan fingerprint density at radius 3 is 2.68 bits per heavy atom. The van der Waals surface area contributed by atoms with Crippen LogP contribution in [0.3, 0.4) is 0 Å². The summed E-state index contributed by atoms with van der Waals surface area (Å²) in [6.45, 7) is 1.97. The Balaban J connectivity index is 1.55. The number of rotatable bonds is 5. The average Bonchev–Trinajstić information content (AvgIpc) is 2.79. The number of H-pyrrole nitrogens is 1. The maximum absolute atomic E-state index is 9.98. The van der Waals surface area contributed by atoms with Gasteiger partial charge in [-0.1, -0.05) is 0 Å². The first-order valence-corrected chi connectivity index (χ1v) is 10.1. The minimum absolute atomic E-state index is 0.144. The number of phenolic OH excluding ortho intramolecular Hbond substituents is 1. The van der Waals surface area contributed by atoms with Crippen molar-refractivity contribution in [3.63, 3.8) is 0 Å². The number of benzene rings is 2. The Kier molecular flexibility index (Phi) is 5.64. The minimum Gasteiger partial charge on any atom is -0.508 e. The summed E-state index contributed by atoms with van der Waals surface area (Å²) in [5.41, 5.74) is 8.65. The zero-order valence-electron chi connectivity index (χ0n) is 17.1.